The number of ether oxygens (including phenoxy) is 2. The van der Waals surface area contributed by atoms with E-state index in [0.717, 1.165) is 39.1 Å². The minimum absolute atomic E-state index is 0. The third-order valence-electron chi connectivity index (χ3n) is 4.82. The third kappa shape index (κ3) is 7.39. The van der Waals surface area contributed by atoms with Crippen LogP contribution in [0.1, 0.15) is 12.8 Å². The van der Waals surface area contributed by atoms with Crippen LogP contribution < -0.4 is 14.4 Å². The number of fused-ring (bicyclic) bond motifs is 1. The molecule has 33 heavy (non-hydrogen) atoms. The van der Waals surface area contributed by atoms with Gasteiger partial charge in [-0.2, -0.15) is 0 Å². The maximum Gasteiger partial charge on any atom is 0.228 e. The molecular weight excluding hydrogens is 501 g/mol. The summed E-state index contributed by atoms with van der Waals surface area (Å²) in [7, 11) is 7.24. The maximum absolute atomic E-state index is 13.2. The van der Waals surface area contributed by atoms with Gasteiger partial charge in [-0.05, 0) is 62.7 Å². The maximum atomic E-state index is 13.2. The average molecular weight is 531 g/mol. The summed E-state index contributed by atoms with van der Waals surface area (Å²) in [5.74, 6) is 2.32. The van der Waals surface area contributed by atoms with Crippen LogP contribution in [0.25, 0.3) is 10.2 Å². The van der Waals surface area contributed by atoms with Crippen molar-refractivity contribution in [2.45, 2.75) is 17.7 Å². The molecule has 1 heterocycles. The highest BCUT2D eigenvalue weighted by atomic mass is 35.5. The van der Waals surface area contributed by atoms with Crippen LogP contribution >= 0.6 is 47.1 Å². The number of amides is 1. The number of thioether (sulfide) groups is 1. The first-order valence-electron chi connectivity index (χ1n) is 10.3. The van der Waals surface area contributed by atoms with Gasteiger partial charge in [-0.15, -0.1) is 24.2 Å². The van der Waals surface area contributed by atoms with E-state index in [2.05, 4.69) is 4.90 Å². The molecule has 180 valence electrons. The molecule has 0 fully saturated rings. The molecule has 0 saturated carbocycles. The first-order chi connectivity index (χ1) is 15.4. The smallest absolute Gasteiger partial charge is 0.228 e. The lowest BCUT2D eigenvalue weighted by Crippen LogP contribution is -2.36. The van der Waals surface area contributed by atoms with Crippen LogP contribution in [0.4, 0.5) is 5.13 Å². The van der Waals surface area contributed by atoms with Crippen LogP contribution in [0.15, 0.2) is 41.3 Å². The number of carbonyl (C=O) groups excluding carboxylic acids is 1. The van der Waals surface area contributed by atoms with Gasteiger partial charge in [0.15, 0.2) is 5.13 Å². The summed E-state index contributed by atoms with van der Waals surface area (Å²) in [5.41, 5.74) is 0.716. The van der Waals surface area contributed by atoms with Crippen molar-refractivity contribution in [2.24, 2.45) is 0 Å². The molecule has 2 aromatic carbocycles. The van der Waals surface area contributed by atoms with Gasteiger partial charge in [0.2, 0.25) is 5.91 Å². The van der Waals surface area contributed by atoms with Gasteiger partial charge >= 0.3 is 0 Å². The Morgan fingerprint density at radius 2 is 1.73 bits per heavy atom. The van der Waals surface area contributed by atoms with Crippen LogP contribution in [-0.4, -0.2) is 62.9 Å². The van der Waals surface area contributed by atoms with Crippen molar-refractivity contribution in [3.05, 3.63) is 41.4 Å². The molecule has 0 unspecified atom stereocenters. The molecule has 0 aliphatic heterocycles. The fourth-order valence-electron chi connectivity index (χ4n) is 3.10. The molecule has 3 aromatic rings. The van der Waals surface area contributed by atoms with Gasteiger partial charge in [0.05, 0.1) is 14.2 Å². The number of methoxy groups -OCH3 is 2. The van der Waals surface area contributed by atoms with E-state index in [1.165, 1.54) is 11.3 Å². The van der Waals surface area contributed by atoms with E-state index < -0.39 is 0 Å². The summed E-state index contributed by atoms with van der Waals surface area (Å²) < 4.78 is 11.9. The molecule has 0 bridgehead atoms. The lowest BCUT2D eigenvalue weighted by Gasteiger charge is -2.22. The number of halogens is 2. The predicted molar refractivity (Wildman–Crippen MR) is 142 cm³/mol. The highest BCUT2D eigenvalue weighted by Gasteiger charge is 2.22. The minimum atomic E-state index is 0. The predicted octanol–water partition coefficient (Wildman–Crippen LogP) is 5.86. The second-order valence-electron chi connectivity index (χ2n) is 7.40. The molecule has 0 N–H and O–H groups in total. The van der Waals surface area contributed by atoms with E-state index in [1.54, 1.807) is 30.9 Å². The van der Waals surface area contributed by atoms with Crippen LogP contribution in [0.5, 0.6) is 11.5 Å². The normalized spacial score (nSPS) is 10.8. The van der Waals surface area contributed by atoms with Crippen LogP contribution in [0.2, 0.25) is 5.02 Å². The number of benzene rings is 2. The molecule has 0 radical (unpaired) electrons. The standard InChI is InChI=1S/C23H28ClN3O3S2.ClH/c1-26(2)13-14-27(20(28)6-5-15-31-17-9-7-16(24)8-10-17)23-25-21-18(29-3)11-12-19(30-4)22(21)32-23;/h7-12H,5-6,13-15H2,1-4H3;1H. The largest absolute Gasteiger partial charge is 0.495 e. The van der Waals surface area contributed by atoms with Crippen molar-refractivity contribution in [2.75, 3.05) is 52.1 Å². The van der Waals surface area contributed by atoms with Gasteiger partial charge < -0.3 is 14.4 Å². The lowest BCUT2D eigenvalue weighted by molar-refractivity contribution is -0.118. The van der Waals surface area contributed by atoms with Crippen molar-refractivity contribution in [1.82, 2.24) is 9.88 Å². The number of carbonyl (C=O) groups is 1. The van der Waals surface area contributed by atoms with E-state index in [9.17, 15) is 4.79 Å². The molecule has 10 heteroatoms. The SMILES string of the molecule is COc1ccc(OC)c2sc(N(CCN(C)C)C(=O)CCCSc3ccc(Cl)cc3)nc12.Cl. The van der Waals surface area contributed by atoms with Crippen molar-refractivity contribution in [3.8, 4) is 11.5 Å². The highest BCUT2D eigenvalue weighted by Crippen LogP contribution is 2.40. The highest BCUT2D eigenvalue weighted by molar-refractivity contribution is 7.99. The van der Waals surface area contributed by atoms with E-state index >= 15 is 0 Å². The number of aromatic nitrogens is 1. The zero-order valence-electron chi connectivity index (χ0n) is 19.2. The van der Waals surface area contributed by atoms with Gasteiger partial charge in [-0.3, -0.25) is 9.69 Å². The summed E-state index contributed by atoms with van der Waals surface area (Å²) in [6, 6.07) is 11.5. The van der Waals surface area contributed by atoms with Gasteiger partial charge in [0, 0.05) is 29.4 Å². The summed E-state index contributed by atoms with van der Waals surface area (Å²) in [5, 5.41) is 1.39. The minimum Gasteiger partial charge on any atom is -0.495 e. The Balaban J connectivity index is 0.00000385. The first-order valence-corrected chi connectivity index (χ1v) is 12.5. The van der Waals surface area contributed by atoms with Crippen molar-refractivity contribution >= 4 is 68.4 Å². The Morgan fingerprint density at radius 3 is 2.36 bits per heavy atom. The molecule has 6 nitrogen and oxygen atoms in total. The fourth-order valence-corrected chi connectivity index (χ4v) is 5.19. The topological polar surface area (TPSA) is 54.9 Å². The molecule has 0 aliphatic carbocycles. The van der Waals surface area contributed by atoms with Crippen LogP contribution in [0, 0.1) is 0 Å². The number of rotatable bonds is 11. The Hall–Kier alpha value is -1.71. The molecule has 0 saturated heterocycles. The zero-order chi connectivity index (χ0) is 23.1. The van der Waals surface area contributed by atoms with Crippen molar-refractivity contribution in [1.29, 1.82) is 0 Å². The number of thiazole rings is 1. The Morgan fingerprint density at radius 1 is 1.06 bits per heavy atom. The molecule has 1 amide bonds. The molecule has 0 atom stereocenters. The summed E-state index contributed by atoms with van der Waals surface area (Å²) in [6.07, 6.45) is 1.24. The average Bonchev–Trinajstić information content (AvgIpc) is 3.22. The monoisotopic (exact) mass is 529 g/mol. The van der Waals surface area contributed by atoms with Crippen molar-refractivity contribution < 1.29 is 14.3 Å². The zero-order valence-corrected chi connectivity index (χ0v) is 22.4. The first kappa shape index (κ1) is 27.5. The van der Waals surface area contributed by atoms with E-state index in [4.69, 9.17) is 26.1 Å². The van der Waals surface area contributed by atoms with Gasteiger partial charge in [0.1, 0.15) is 21.7 Å². The lowest BCUT2D eigenvalue weighted by atomic mass is 10.3. The van der Waals surface area contributed by atoms with E-state index in [1.807, 2.05) is 50.5 Å². The summed E-state index contributed by atoms with van der Waals surface area (Å²) in [4.78, 5) is 22.9. The number of nitrogens with zero attached hydrogens (tertiary/aromatic N) is 3. The Bertz CT molecular complexity index is 1000. The number of anilines is 1. The second kappa shape index (κ2) is 13.2. The van der Waals surface area contributed by atoms with Gasteiger partial charge in [-0.25, -0.2) is 4.98 Å². The molecule has 0 spiro atoms. The van der Waals surface area contributed by atoms with Crippen LogP contribution in [0.3, 0.4) is 0 Å². The van der Waals surface area contributed by atoms with Crippen molar-refractivity contribution in [3.63, 3.8) is 0 Å². The quantitative estimate of drug-likeness (QED) is 0.229. The molecule has 0 aliphatic rings. The van der Waals surface area contributed by atoms with E-state index in [0.29, 0.717) is 29.4 Å². The molecular formula is C23H29Cl2N3O3S2. The number of hydrogen-bond donors (Lipinski definition) is 0. The summed E-state index contributed by atoms with van der Waals surface area (Å²) >= 11 is 9.13. The number of hydrogen-bond acceptors (Lipinski definition) is 7. The molecule has 1 aromatic heterocycles. The fraction of sp³-hybridized carbons (Fsp3) is 0.391. The number of likely N-dealkylation sites (N-methyl/N-ethyl adjacent to an activating group) is 1. The Kier molecular flexibility index (Phi) is 11.1. The van der Waals surface area contributed by atoms with Gasteiger partial charge in [-0.1, -0.05) is 22.9 Å². The summed E-state index contributed by atoms with van der Waals surface area (Å²) in [6.45, 7) is 1.32. The Labute approximate surface area is 214 Å². The van der Waals surface area contributed by atoms with Gasteiger partial charge in [0.25, 0.3) is 0 Å². The third-order valence-corrected chi connectivity index (χ3v) is 7.26. The van der Waals surface area contributed by atoms with Crippen LogP contribution in [-0.2, 0) is 4.79 Å². The molecule has 3 rings (SSSR count). The second-order valence-corrected chi connectivity index (χ2v) is 9.98. The van der Waals surface area contributed by atoms with E-state index in [-0.39, 0.29) is 18.3 Å².